The second kappa shape index (κ2) is 16.8. The number of nitrogens with one attached hydrogen (secondary N) is 2. The average Bonchev–Trinajstić information content (AvgIpc) is 3.07. The van der Waals surface area contributed by atoms with Crippen LogP contribution in [0.2, 0.25) is 0 Å². The van der Waals surface area contributed by atoms with Gasteiger partial charge in [-0.1, -0.05) is 18.2 Å². The number of aliphatic carboxylic acids is 1. The van der Waals surface area contributed by atoms with Crippen molar-refractivity contribution >= 4 is 41.2 Å². The quantitative estimate of drug-likeness (QED) is 0.101. The molecule has 0 radical (unpaired) electrons. The van der Waals surface area contributed by atoms with E-state index in [1.165, 1.54) is 73.8 Å². The summed E-state index contributed by atoms with van der Waals surface area (Å²) in [5.41, 5.74) is -0.482. The highest BCUT2D eigenvalue weighted by Crippen LogP contribution is 2.35. The van der Waals surface area contributed by atoms with E-state index in [4.69, 9.17) is 14.2 Å². The zero-order valence-corrected chi connectivity index (χ0v) is 29.1. The Balaban J connectivity index is 1.35. The van der Waals surface area contributed by atoms with Gasteiger partial charge >= 0.3 is 24.2 Å². The van der Waals surface area contributed by atoms with Gasteiger partial charge in [0, 0.05) is 23.5 Å². The number of anilines is 2. The van der Waals surface area contributed by atoms with E-state index in [0.29, 0.717) is 11.3 Å². The highest BCUT2D eigenvalue weighted by Gasteiger charge is 2.34. The van der Waals surface area contributed by atoms with Crippen molar-refractivity contribution in [3.05, 3.63) is 119 Å². The minimum Gasteiger partial charge on any atom is -0.497 e. The normalized spacial score (nSPS) is 11.2. The third kappa shape index (κ3) is 11.8. The highest BCUT2D eigenvalue weighted by atomic mass is 19.4. The first-order chi connectivity index (χ1) is 24.9. The number of carboxylic acids is 1. The third-order valence-electron chi connectivity index (χ3n) is 7.28. The number of carbonyl (C=O) groups is 5. The molecule has 0 atom stereocenters. The number of halogens is 3. The molecule has 0 spiro atoms. The van der Waals surface area contributed by atoms with Crippen LogP contribution in [0.25, 0.3) is 0 Å². The average molecular weight is 736 g/mol. The number of hydrogen-bond acceptors (Lipinski definition) is 8. The molecule has 0 heterocycles. The Labute approximate surface area is 302 Å². The summed E-state index contributed by atoms with van der Waals surface area (Å²) in [7, 11) is 1.23. The Bertz CT molecular complexity index is 1960. The number of benzene rings is 4. The van der Waals surface area contributed by atoms with E-state index in [1.807, 2.05) is 0 Å². The lowest BCUT2D eigenvalue weighted by Crippen LogP contribution is -2.35. The zero-order chi connectivity index (χ0) is 38.9. The van der Waals surface area contributed by atoms with Gasteiger partial charge in [0.25, 0.3) is 5.91 Å². The predicted molar refractivity (Wildman–Crippen MR) is 187 cm³/mol. The van der Waals surface area contributed by atoms with Gasteiger partial charge in [0.2, 0.25) is 5.91 Å². The van der Waals surface area contributed by atoms with Gasteiger partial charge in [0.1, 0.15) is 23.6 Å². The molecular formula is C38H36F3N3O9. The molecule has 0 fully saturated rings. The summed E-state index contributed by atoms with van der Waals surface area (Å²) in [6.07, 6.45) is -5.93. The lowest BCUT2D eigenvalue weighted by Gasteiger charge is -2.21. The van der Waals surface area contributed by atoms with Gasteiger partial charge in [-0.3, -0.25) is 19.7 Å². The molecule has 0 saturated heterocycles. The zero-order valence-electron chi connectivity index (χ0n) is 29.1. The molecule has 53 heavy (non-hydrogen) atoms. The second-order valence-corrected chi connectivity index (χ2v) is 12.6. The number of methoxy groups -OCH3 is 1. The van der Waals surface area contributed by atoms with Crippen molar-refractivity contribution in [2.45, 2.75) is 45.5 Å². The Kier molecular flexibility index (Phi) is 12.5. The van der Waals surface area contributed by atoms with Crippen LogP contribution in [0.4, 0.5) is 29.3 Å². The molecule has 0 aliphatic rings. The van der Waals surface area contributed by atoms with Crippen LogP contribution in [0.5, 0.6) is 11.5 Å². The third-order valence-corrected chi connectivity index (χ3v) is 7.28. The van der Waals surface area contributed by atoms with Crippen molar-refractivity contribution in [2.24, 2.45) is 0 Å². The van der Waals surface area contributed by atoms with Crippen molar-refractivity contribution < 1.29 is 56.5 Å². The van der Waals surface area contributed by atoms with Crippen molar-refractivity contribution in [3.63, 3.8) is 0 Å². The molecule has 0 saturated carbocycles. The van der Waals surface area contributed by atoms with Crippen LogP contribution >= 0.6 is 0 Å². The summed E-state index contributed by atoms with van der Waals surface area (Å²) in [6, 6.07) is 20.8. The van der Waals surface area contributed by atoms with Gasteiger partial charge in [0.05, 0.1) is 24.7 Å². The van der Waals surface area contributed by atoms with E-state index >= 15 is 0 Å². The molecule has 0 aromatic heterocycles. The van der Waals surface area contributed by atoms with Crippen LogP contribution < -0.4 is 20.1 Å². The molecule has 278 valence electrons. The number of nitrogens with zero attached hydrogens (tertiary/aromatic N) is 1. The Morgan fingerprint density at radius 3 is 1.87 bits per heavy atom. The van der Waals surface area contributed by atoms with Crippen LogP contribution in [-0.2, 0) is 33.5 Å². The number of ether oxygens (including phenoxy) is 3. The Morgan fingerprint density at radius 2 is 1.32 bits per heavy atom. The molecular weight excluding hydrogens is 699 g/mol. The van der Waals surface area contributed by atoms with E-state index in [2.05, 4.69) is 10.6 Å². The number of rotatable bonds is 12. The lowest BCUT2D eigenvalue weighted by molar-refractivity contribution is -0.139. The van der Waals surface area contributed by atoms with E-state index in [9.17, 15) is 42.3 Å². The molecule has 0 bridgehead atoms. The number of hydrogen-bond donors (Lipinski definition) is 3. The van der Waals surface area contributed by atoms with Crippen LogP contribution in [0, 0.1) is 0 Å². The maximum absolute atomic E-state index is 13.5. The Morgan fingerprint density at radius 1 is 0.755 bits per heavy atom. The molecule has 12 nitrogen and oxygen atoms in total. The van der Waals surface area contributed by atoms with E-state index < -0.39 is 60.2 Å². The van der Waals surface area contributed by atoms with Gasteiger partial charge in [0.15, 0.2) is 0 Å². The fraction of sp³-hybridized carbons (Fsp3) is 0.237. The number of alkyl halides is 3. The molecule has 4 aromatic rings. The molecule has 4 aromatic carbocycles. The fourth-order valence-electron chi connectivity index (χ4n) is 4.88. The van der Waals surface area contributed by atoms with Crippen molar-refractivity contribution in [2.75, 3.05) is 24.3 Å². The molecule has 0 aliphatic carbocycles. The van der Waals surface area contributed by atoms with Crippen molar-refractivity contribution in [3.8, 4) is 11.5 Å². The summed E-state index contributed by atoms with van der Waals surface area (Å²) in [5, 5.41) is 14.5. The lowest BCUT2D eigenvalue weighted by atomic mass is 10.0. The van der Waals surface area contributed by atoms with Crippen LogP contribution in [-0.4, -0.2) is 59.1 Å². The summed E-state index contributed by atoms with van der Waals surface area (Å²) >= 11 is 0. The van der Waals surface area contributed by atoms with Crippen LogP contribution in [0.1, 0.15) is 58.2 Å². The van der Waals surface area contributed by atoms with E-state index in [0.717, 1.165) is 17.0 Å². The maximum atomic E-state index is 13.5. The van der Waals surface area contributed by atoms with Crippen LogP contribution in [0.15, 0.2) is 91.0 Å². The number of esters is 1. The molecule has 0 aliphatic heterocycles. The molecule has 15 heteroatoms. The Hall–Kier alpha value is -6.38. The van der Waals surface area contributed by atoms with Crippen LogP contribution in [0.3, 0.4) is 0 Å². The first-order valence-corrected chi connectivity index (χ1v) is 16.0. The van der Waals surface area contributed by atoms with Gasteiger partial charge in [-0.15, -0.1) is 0 Å². The molecule has 0 unspecified atom stereocenters. The minimum absolute atomic E-state index is 0.00658. The summed E-state index contributed by atoms with van der Waals surface area (Å²) in [6.45, 7) is 4.43. The summed E-state index contributed by atoms with van der Waals surface area (Å²) in [4.78, 5) is 63.3. The summed E-state index contributed by atoms with van der Waals surface area (Å²) < 4.78 is 56.1. The standard InChI is InChI=1S/C38H36F3N3O9/c1-37(2,3)53-36(50)43-28-14-9-25(10-15-28)35(49)52-29-16-5-23(6-17-29)21-44(22-33(46)47)34(48)24-7-12-27(13-8-24)42-32(45)19-26-11-18-30(51-4)20-31(26)38(39,40)41/h5-18,20H,19,21-22H2,1-4H3,(H,42,45)(H,43,50)(H,46,47). The molecule has 3 amide bonds. The predicted octanol–water partition coefficient (Wildman–Crippen LogP) is 7.19. The van der Waals surface area contributed by atoms with Gasteiger partial charge in [-0.2, -0.15) is 13.2 Å². The SMILES string of the molecule is COc1ccc(CC(=O)Nc2ccc(C(=O)N(CC(=O)O)Cc3ccc(OC(=O)c4ccc(NC(=O)OC(C)(C)C)cc4)cc3)cc2)c(C(F)(F)F)c1. The van der Waals surface area contributed by atoms with Crippen molar-refractivity contribution in [1.29, 1.82) is 0 Å². The first-order valence-electron chi connectivity index (χ1n) is 16.0. The van der Waals surface area contributed by atoms with Gasteiger partial charge in [-0.25, -0.2) is 9.59 Å². The monoisotopic (exact) mass is 735 g/mol. The van der Waals surface area contributed by atoms with E-state index in [-0.39, 0.29) is 40.4 Å². The first kappa shape index (κ1) is 39.4. The maximum Gasteiger partial charge on any atom is 0.416 e. The van der Waals surface area contributed by atoms with Gasteiger partial charge in [-0.05, 0) is 105 Å². The largest absolute Gasteiger partial charge is 0.497 e. The van der Waals surface area contributed by atoms with Crippen molar-refractivity contribution in [1.82, 2.24) is 4.90 Å². The van der Waals surface area contributed by atoms with E-state index in [1.54, 1.807) is 32.9 Å². The number of carboxylic acid groups (broad SMARTS) is 1. The number of carbonyl (C=O) groups excluding carboxylic acids is 4. The number of amides is 3. The fourth-order valence-corrected chi connectivity index (χ4v) is 4.88. The summed E-state index contributed by atoms with van der Waals surface area (Å²) in [5.74, 6) is -3.13. The highest BCUT2D eigenvalue weighted by molar-refractivity contribution is 5.97. The molecule has 4 rings (SSSR count). The second-order valence-electron chi connectivity index (χ2n) is 12.6. The topological polar surface area (TPSA) is 161 Å². The minimum atomic E-state index is -4.71. The molecule has 3 N–H and O–H groups in total. The smallest absolute Gasteiger partial charge is 0.416 e. The van der Waals surface area contributed by atoms with Gasteiger partial charge < -0.3 is 29.5 Å².